The van der Waals surface area contributed by atoms with Gasteiger partial charge in [0.25, 0.3) is 0 Å². The molecule has 0 heteroatoms. The summed E-state index contributed by atoms with van der Waals surface area (Å²) in [7, 11) is 0. The van der Waals surface area contributed by atoms with E-state index in [1.807, 2.05) is 0 Å². The lowest BCUT2D eigenvalue weighted by Gasteiger charge is -2.24. The van der Waals surface area contributed by atoms with E-state index in [0.717, 1.165) is 0 Å². The van der Waals surface area contributed by atoms with Crippen LogP contribution in [-0.2, 0) is 5.41 Å². The number of benzene rings is 8. The molecule has 0 heterocycles. The number of rotatable bonds is 2. The first-order valence-corrected chi connectivity index (χ1v) is 15.2. The van der Waals surface area contributed by atoms with Gasteiger partial charge in [0, 0.05) is 5.41 Å². The summed E-state index contributed by atoms with van der Waals surface area (Å²) in [6.07, 6.45) is 0. The molecule has 8 aromatic carbocycles. The zero-order valence-electron chi connectivity index (χ0n) is 24.4. The van der Waals surface area contributed by atoms with Crippen LogP contribution in [0, 0.1) is 0 Å². The highest BCUT2D eigenvalue weighted by molar-refractivity contribution is 6.29. The minimum Gasteiger partial charge on any atom is -0.0622 e. The molecule has 0 saturated carbocycles. The molecule has 0 amide bonds. The minimum absolute atomic E-state index is 0.0903. The highest BCUT2D eigenvalue weighted by Gasteiger charge is 2.37. The van der Waals surface area contributed by atoms with E-state index < -0.39 is 0 Å². The average molecular weight is 547 g/mol. The third-order valence-corrected chi connectivity index (χ3v) is 9.83. The predicted molar refractivity (Wildman–Crippen MR) is 185 cm³/mol. The molecule has 0 saturated heterocycles. The van der Waals surface area contributed by atoms with Gasteiger partial charge in [-0.15, -0.1) is 0 Å². The van der Waals surface area contributed by atoms with Crippen molar-refractivity contribution < 1.29 is 0 Å². The van der Waals surface area contributed by atoms with Crippen LogP contribution in [0.25, 0.3) is 76.5 Å². The van der Waals surface area contributed by atoms with Gasteiger partial charge in [-0.3, -0.25) is 0 Å². The van der Waals surface area contributed by atoms with Crippen molar-refractivity contribution in [1.29, 1.82) is 0 Å². The van der Waals surface area contributed by atoms with Crippen LogP contribution >= 0.6 is 0 Å². The summed E-state index contributed by atoms with van der Waals surface area (Å²) in [5.74, 6) is 0. The molecule has 0 spiro atoms. The summed E-state index contributed by atoms with van der Waals surface area (Å²) >= 11 is 0. The third-order valence-electron chi connectivity index (χ3n) is 9.83. The van der Waals surface area contributed by atoms with Crippen molar-refractivity contribution in [2.75, 3.05) is 0 Å². The molecule has 9 rings (SSSR count). The predicted octanol–water partition coefficient (Wildman–Crippen LogP) is 11.9. The first kappa shape index (κ1) is 24.4. The Kier molecular flexibility index (Phi) is 5.05. The van der Waals surface area contributed by atoms with Crippen LogP contribution in [0.4, 0.5) is 0 Å². The largest absolute Gasteiger partial charge is 0.0622 e. The molecule has 0 atom stereocenters. The Bertz CT molecular complexity index is 2410. The Hall–Kier alpha value is -5.20. The summed E-state index contributed by atoms with van der Waals surface area (Å²) in [4.78, 5) is 0. The first-order chi connectivity index (χ1) is 21.1. The van der Waals surface area contributed by atoms with Gasteiger partial charge in [-0.05, 0) is 93.7 Å². The van der Waals surface area contributed by atoms with Crippen LogP contribution in [-0.4, -0.2) is 0 Å². The van der Waals surface area contributed by atoms with Crippen LogP contribution < -0.4 is 0 Å². The van der Waals surface area contributed by atoms with E-state index >= 15 is 0 Å². The monoisotopic (exact) mass is 546 g/mol. The zero-order valence-corrected chi connectivity index (χ0v) is 24.4. The van der Waals surface area contributed by atoms with Gasteiger partial charge < -0.3 is 0 Å². The van der Waals surface area contributed by atoms with Crippen molar-refractivity contribution in [3.8, 4) is 33.4 Å². The number of fused-ring (bicyclic) bond motifs is 9. The normalized spacial score (nSPS) is 13.5. The van der Waals surface area contributed by atoms with Crippen molar-refractivity contribution in [2.45, 2.75) is 19.3 Å². The number of hydrogen-bond donors (Lipinski definition) is 0. The van der Waals surface area contributed by atoms with Crippen molar-refractivity contribution >= 4 is 43.1 Å². The van der Waals surface area contributed by atoms with E-state index in [1.165, 1.54) is 87.6 Å². The Morgan fingerprint density at radius 2 is 0.953 bits per heavy atom. The minimum atomic E-state index is -0.0903. The van der Waals surface area contributed by atoms with Gasteiger partial charge in [-0.25, -0.2) is 0 Å². The average Bonchev–Trinajstić information content (AvgIpc) is 3.30. The van der Waals surface area contributed by atoms with E-state index in [0.29, 0.717) is 0 Å². The molecule has 0 nitrogen and oxygen atoms in total. The summed E-state index contributed by atoms with van der Waals surface area (Å²) in [5, 5.41) is 10.4. The SMILES string of the molecule is CC1(C)c2ccccc2-c2c1cc(-c1c3ccccc3c(-c3ccccc3)c3c1ccc1ccccc13)c1ccccc21. The molecule has 0 radical (unpaired) electrons. The second-order valence-corrected chi connectivity index (χ2v) is 12.4. The van der Waals surface area contributed by atoms with Gasteiger partial charge in [0.1, 0.15) is 0 Å². The fourth-order valence-electron chi connectivity index (χ4n) is 7.90. The molecule has 0 N–H and O–H groups in total. The Morgan fingerprint density at radius 3 is 1.72 bits per heavy atom. The quantitative estimate of drug-likeness (QED) is 0.149. The van der Waals surface area contributed by atoms with Gasteiger partial charge in [0.15, 0.2) is 0 Å². The Balaban J connectivity index is 1.52. The lowest BCUT2D eigenvalue weighted by Crippen LogP contribution is -2.15. The lowest BCUT2D eigenvalue weighted by molar-refractivity contribution is 0.661. The third kappa shape index (κ3) is 3.32. The van der Waals surface area contributed by atoms with Gasteiger partial charge in [0.05, 0.1) is 0 Å². The van der Waals surface area contributed by atoms with Crippen LogP contribution in [0.1, 0.15) is 25.0 Å². The summed E-state index contributed by atoms with van der Waals surface area (Å²) in [5.41, 5.74) is 10.7. The number of hydrogen-bond acceptors (Lipinski definition) is 0. The molecule has 8 aromatic rings. The van der Waals surface area contributed by atoms with Gasteiger partial charge >= 0.3 is 0 Å². The molecule has 0 aliphatic heterocycles. The van der Waals surface area contributed by atoms with E-state index in [2.05, 4.69) is 159 Å². The van der Waals surface area contributed by atoms with E-state index in [-0.39, 0.29) is 5.41 Å². The highest BCUT2D eigenvalue weighted by atomic mass is 14.4. The molecule has 0 unspecified atom stereocenters. The fourth-order valence-corrected chi connectivity index (χ4v) is 7.90. The summed E-state index contributed by atoms with van der Waals surface area (Å²) in [6, 6.07) is 54.1. The summed E-state index contributed by atoms with van der Waals surface area (Å²) in [6.45, 7) is 4.77. The van der Waals surface area contributed by atoms with Crippen molar-refractivity contribution in [3.05, 3.63) is 157 Å². The maximum Gasteiger partial charge on any atom is 0.0159 e. The van der Waals surface area contributed by atoms with Crippen molar-refractivity contribution in [2.24, 2.45) is 0 Å². The van der Waals surface area contributed by atoms with Crippen LogP contribution in [0.2, 0.25) is 0 Å². The lowest BCUT2D eigenvalue weighted by atomic mass is 9.78. The van der Waals surface area contributed by atoms with Crippen LogP contribution in [0.15, 0.2) is 146 Å². The second-order valence-electron chi connectivity index (χ2n) is 12.4. The van der Waals surface area contributed by atoms with Crippen molar-refractivity contribution in [1.82, 2.24) is 0 Å². The molecule has 1 aliphatic carbocycles. The fraction of sp³-hybridized carbons (Fsp3) is 0.0698. The van der Waals surface area contributed by atoms with E-state index in [4.69, 9.17) is 0 Å². The van der Waals surface area contributed by atoms with Crippen LogP contribution in [0.5, 0.6) is 0 Å². The Morgan fingerprint density at radius 1 is 0.372 bits per heavy atom. The van der Waals surface area contributed by atoms with Gasteiger partial charge in [-0.1, -0.05) is 153 Å². The van der Waals surface area contributed by atoms with Crippen molar-refractivity contribution in [3.63, 3.8) is 0 Å². The maximum absolute atomic E-state index is 2.52. The van der Waals surface area contributed by atoms with E-state index in [1.54, 1.807) is 0 Å². The molecule has 43 heavy (non-hydrogen) atoms. The van der Waals surface area contributed by atoms with Crippen LogP contribution in [0.3, 0.4) is 0 Å². The van der Waals surface area contributed by atoms with Gasteiger partial charge in [-0.2, -0.15) is 0 Å². The smallest absolute Gasteiger partial charge is 0.0159 e. The summed E-state index contributed by atoms with van der Waals surface area (Å²) < 4.78 is 0. The highest BCUT2D eigenvalue weighted by Crippen LogP contribution is 2.55. The maximum atomic E-state index is 2.52. The molecular formula is C43H30. The Labute approximate surface area is 251 Å². The molecule has 0 fully saturated rings. The molecule has 1 aliphatic rings. The van der Waals surface area contributed by atoms with Gasteiger partial charge in [0.2, 0.25) is 0 Å². The molecule has 0 aromatic heterocycles. The molecular weight excluding hydrogens is 516 g/mol. The first-order valence-electron chi connectivity index (χ1n) is 15.2. The molecule has 202 valence electrons. The topological polar surface area (TPSA) is 0 Å². The zero-order chi connectivity index (χ0) is 28.7. The molecule has 0 bridgehead atoms. The standard InChI is InChI=1S/C43H30/c1-43(2)37-23-13-12-22-34(37)41-31-19-9-8-18-30(31)36(26-38(41)43)40-33-21-11-10-20-32(33)39(28-15-4-3-5-16-28)42-29-17-7-6-14-27(29)24-25-35(40)42/h3-26H,1-2H3. The second kappa shape index (κ2) is 8.90. The van der Waals surface area contributed by atoms with E-state index in [9.17, 15) is 0 Å².